The Hall–Kier alpha value is -1.65. The van der Waals surface area contributed by atoms with Gasteiger partial charge in [-0.05, 0) is 5.92 Å². The molecule has 98 valence electrons. The van der Waals surface area contributed by atoms with Crippen molar-refractivity contribution in [1.82, 2.24) is 19.6 Å². The first-order chi connectivity index (χ1) is 8.41. The van der Waals surface area contributed by atoms with Gasteiger partial charge >= 0.3 is 0 Å². The standard InChI is InChI=1S/C13H21N5/c1-8(2)10-7-14-18-11(9(3)4)16-12(17(5)6)13(18)15-10/h7-9H,1-6H3. The second kappa shape index (κ2) is 4.55. The van der Waals surface area contributed by atoms with Gasteiger partial charge in [-0.2, -0.15) is 9.61 Å². The van der Waals surface area contributed by atoms with Crippen LogP contribution in [-0.4, -0.2) is 33.7 Å². The summed E-state index contributed by atoms with van der Waals surface area (Å²) in [4.78, 5) is 11.3. The van der Waals surface area contributed by atoms with Crippen LogP contribution in [0.3, 0.4) is 0 Å². The Morgan fingerprint density at radius 2 is 1.72 bits per heavy atom. The molecule has 0 aliphatic rings. The van der Waals surface area contributed by atoms with Crippen LogP contribution in [0.4, 0.5) is 5.82 Å². The average molecular weight is 247 g/mol. The largest absolute Gasteiger partial charge is 0.360 e. The van der Waals surface area contributed by atoms with Gasteiger partial charge in [-0.3, -0.25) is 0 Å². The van der Waals surface area contributed by atoms with Gasteiger partial charge in [-0.15, -0.1) is 0 Å². The summed E-state index contributed by atoms with van der Waals surface area (Å²) >= 11 is 0. The molecule has 5 nitrogen and oxygen atoms in total. The first-order valence-corrected chi connectivity index (χ1v) is 6.34. The highest BCUT2D eigenvalue weighted by Crippen LogP contribution is 2.23. The predicted molar refractivity (Wildman–Crippen MR) is 73.3 cm³/mol. The maximum atomic E-state index is 4.70. The molecule has 5 heteroatoms. The van der Waals surface area contributed by atoms with Gasteiger partial charge in [0.15, 0.2) is 11.5 Å². The predicted octanol–water partition coefficient (Wildman–Crippen LogP) is 2.44. The lowest BCUT2D eigenvalue weighted by atomic mass is 10.1. The van der Waals surface area contributed by atoms with Crippen LogP contribution in [-0.2, 0) is 0 Å². The van der Waals surface area contributed by atoms with E-state index in [9.17, 15) is 0 Å². The quantitative estimate of drug-likeness (QED) is 0.835. The fraction of sp³-hybridized carbons (Fsp3) is 0.615. The Morgan fingerprint density at radius 1 is 1.06 bits per heavy atom. The molecule has 18 heavy (non-hydrogen) atoms. The third kappa shape index (κ3) is 2.05. The maximum absolute atomic E-state index is 4.70. The Morgan fingerprint density at radius 3 is 2.22 bits per heavy atom. The molecule has 0 aliphatic heterocycles. The van der Waals surface area contributed by atoms with Crippen LogP contribution in [0.1, 0.15) is 51.0 Å². The second-order valence-electron chi connectivity index (χ2n) is 5.41. The van der Waals surface area contributed by atoms with E-state index in [1.54, 1.807) is 0 Å². The number of nitrogens with zero attached hydrogens (tertiary/aromatic N) is 5. The number of fused-ring (bicyclic) bond motifs is 1. The van der Waals surface area contributed by atoms with E-state index in [2.05, 4.69) is 37.8 Å². The van der Waals surface area contributed by atoms with E-state index in [-0.39, 0.29) is 0 Å². The van der Waals surface area contributed by atoms with Gasteiger partial charge in [0.1, 0.15) is 5.82 Å². The van der Waals surface area contributed by atoms with E-state index >= 15 is 0 Å². The third-order valence-electron chi connectivity index (χ3n) is 2.91. The first kappa shape index (κ1) is 12.8. The molecule has 0 saturated carbocycles. The highest BCUT2D eigenvalue weighted by atomic mass is 15.3. The van der Waals surface area contributed by atoms with E-state index in [0.717, 1.165) is 23.0 Å². The van der Waals surface area contributed by atoms with E-state index in [4.69, 9.17) is 4.98 Å². The number of hydrogen-bond acceptors (Lipinski definition) is 4. The fourth-order valence-electron chi connectivity index (χ4n) is 1.84. The molecular weight excluding hydrogens is 226 g/mol. The van der Waals surface area contributed by atoms with Crippen LogP contribution in [0.5, 0.6) is 0 Å². The topological polar surface area (TPSA) is 46.3 Å². The van der Waals surface area contributed by atoms with Crippen molar-refractivity contribution in [3.63, 3.8) is 0 Å². The molecule has 2 aromatic heterocycles. The monoisotopic (exact) mass is 247 g/mol. The Labute approximate surface area is 108 Å². The van der Waals surface area contributed by atoms with Crippen molar-refractivity contribution in [3.8, 4) is 0 Å². The molecule has 0 fully saturated rings. The molecule has 2 aromatic rings. The van der Waals surface area contributed by atoms with Crippen molar-refractivity contribution in [2.45, 2.75) is 39.5 Å². The average Bonchev–Trinajstić information content (AvgIpc) is 2.67. The summed E-state index contributed by atoms with van der Waals surface area (Å²) in [5, 5.41) is 4.49. The normalized spacial score (nSPS) is 11.8. The summed E-state index contributed by atoms with van der Waals surface area (Å²) in [5.41, 5.74) is 1.84. The molecule has 0 saturated heterocycles. The Balaban J connectivity index is 2.71. The molecule has 0 radical (unpaired) electrons. The van der Waals surface area contributed by atoms with Crippen LogP contribution in [0.2, 0.25) is 0 Å². The van der Waals surface area contributed by atoms with Crippen LogP contribution >= 0.6 is 0 Å². The van der Waals surface area contributed by atoms with Crippen LogP contribution in [0.15, 0.2) is 6.20 Å². The summed E-state index contributed by atoms with van der Waals surface area (Å²) in [5.74, 6) is 2.53. The molecule has 0 spiro atoms. The lowest BCUT2D eigenvalue weighted by Gasteiger charge is -2.09. The molecule has 0 aromatic carbocycles. The van der Waals surface area contributed by atoms with E-state index in [1.165, 1.54) is 0 Å². The highest BCUT2D eigenvalue weighted by Gasteiger charge is 2.18. The van der Waals surface area contributed by atoms with Crippen molar-refractivity contribution >= 4 is 11.5 Å². The molecule has 0 atom stereocenters. The maximum Gasteiger partial charge on any atom is 0.198 e. The minimum absolute atomic E-state index is 0.324. The molecule has 0 bridgehead atoms. The van der Waals surface area contributed by atoms with E-state index in [1.807, 2.05) is 29.7 Å². The number of rotatable bonds is 3. The van der Waals surface area contributed by atoms with E-state index in [0.29, 0.717) is 11.8 Å². The molecule has 0 aliphatic carbocycles. The molecule has 2 heterocycles. The van der Waals surface area contributed by atoms with Gasteiger partial charge in [0.25, 0.3) is 0 Å². The Bertz CT molecular complexity index is 554. The van der Waals surface area contributed by atoms with Gasteiger partial charge in [0, 0.05) is 20.0 Å². The molecule has 0 N–H and O–H groups in total. The zero-order valence-electron chi connectivity index (χ0n) is 12.0. The van der Waals surface area contributed by atoms with Gasteiger partial charge in [-0.25, -0.2) is 9.97 Å². The van der Waals surface area contributed by atoms with Gasteiger partial charge in [0.2, 0.25) is 0 Å². The summed E-state index contributed by atoms with van der Waals surface area (Å²) in [6.45, 7) is 8.48. The number of anilines is 1. The summed E-state index contributed by atoms with van der Waals surface area (Å²) in [6, 6.07) is 0. The number of aromatic nitrogens is 4. The van der Waals surface area contributed by atoms with Crippen LogP contribution in [0.25, 0.3) is 5.65 Å². The van der Waals surface area contributed by atoms with Crippen molar-refractivity contribution in [2.75, 3.05) is 19.0 Å². The zero-order chi connectivity index (χ0) is 13.4. The van der Waals surface area contributed by atoms with Crippen molar-refractivity contribution in [3.05, 3.63) is 17.7 Å². The SMILES string of the molecule is CC(C)c1cnn2c(C(C)C)nc(N(C)C)c2n1. The lowest BCUT2D eigenvalue weighted by molar-refractivity contribution is 0.706. The van der Waals surface area contributed by atoms with Crippen molar-refractivity contribution in [1.29, 1.82) is 0 Å². The molecular formula is C13H21N5. The van der Waals surface area contributed by atoms with Crippen molar-refractivity contribution < 1.29 is 0 Å². The lowest BCUT2D eigenvalue weighted by Crippen LogP contribution is -2.10. The highest BCUT2D eigenvalue weighted by molar-refractivity contribution is 5.64. The second-order valence-corrected chi connectivity index (χ2v) is 5.41. The van der Waals surface area contributed by atoms with Gasteiger partial charge in [-0.1, -0.05) is 27.7 Å². The van der Waals surface area contributed by atoms with Gasteiger partial charge in [0.05, 0.1) is 11.9 Å². The third-order valence-corrected chi connectivity index (χ3v) is 2.91. The van der Waals surface area contributed by atoms with Crippen molar-refractivity contribution in [2.24, 2.45) is 0 Å². The molecule has 2 rings (SSSR count). The Kier molecular flexibility index (Phi) is 3.24. The fourth-order valence-corrected chi connectivity index (χ4v) is 1.84. The summed E-state index contributed by atoms with van der Waals surface area (Å²) in [6.07, 6.45) is 1.84. The first-order valence-electron chi connectivity index (χ1n) is 6.34. The minimum Gasteiger partial charge on any atom is -0.360 e. The number of hydrogen-bond donors (Lipinski definition) is 0. The van der Waals surface area contributed by atoms with E-state index < -0.39 is 0 Å². The minimum atomic E-state index is 0.324. The van der Waals surface area contributed by atoms with Gasteiger partial charge < -0.3 is 4.90 Å². The zero-order valence-corrected chi connectivity index (χ0v) is 12.0. The smallest absolute Gasteiger partial charge is 0.198 e. The van der Waals surface area contributed by atoms with Crippen LogP contribution < -0.4 is 4.90 Å². The number of imidazole rings is 1. The van der Waals surface area contributed by atoms with Crippen LogP contribution in [0, 0.1) is 0 Å². The summed E-state index contributed by atoms with van der Waals surface area (Å²) < 4.78 is 1.85. The molecule has 0 unspecified atom stereocenters. The molecule has 0 amide bonds. The summed E-state index contributed by atoms with van der Waals surface area (Å²) in [7, 11) is 3.96.